The van der Waals surface area contributed by atoms with Crippen LogP contribution in [0.3, 0.4) is 0 Å². The van der Waals surface area contributed by atoms with Crippen LogP contribution < -0.4 is 0 Å². The molecule has 128 valence electrons. The highest BCUT2D eigenvalue weighted by Gasteiger charge is 2.38. The highest BCUT2D eigenvalue weighted by atomic mass is 32.1. The Morgan fingerprint density at radius 2 is 1.54 bits per heavy atom. The molecule has 3 aromatic rings. The zero-order chi connectivity index (χ0) is 18.3. The van der Waals surface area contributed by atoms with Crippen molar-refractivity contribution in [2.75, 3.05) is 0 Å². The van der Waals surface area contributed by atoms with E-state index in [2.05, 4.69) is 0 Å². The first kappa shape index (κ1) is 16.2. The maximum Gasteiger partial charge on any atom is 0.373 e. The average molecular weight is 367 g/mol. The second-order valence-corrected chi connectivity index (χ2v) is 6.45. The standard InChI is InChI=1S/C19H10FNO4S/c20-13-7-5-11(6-8-13)12-9-16(26-10-12)19(24)25-21-17(22)14-3-1-2-4-15(14)18(21)23/h1-10H. The predicted octanol–water partition coefficient (Wildman–Crippen LogP) is 3.92. The molecule has 5 nitrogen and oxygen atoms in total. The highest BCUT2D eigenvalue weighted by Crippen LogP contribution is 2.28. The van der Waals surface area contributed by atoms with E-state index in [1.807, 2.05) is 0 Å². The van der Waals surface area contributed by atoms with Crippen molar-refractivity contribution in [3.8, 4) is 11.1 Å². The summed E-state index contributed by atoms with van der Waals surface area (Å²) < 4.78 is 13.0. The maximum atomic E-state index is 13.0. The summed E-state index contributed by atoms with van der Waals surface area (Å²) in [6, 6.07) is 13.7. The van der Waals surface area contributed by atoms with Crippen molar-refractivity contribution in [2.24, 2.45) is 0 Å². The van der Waals surface area contributed by atoms with E-state index < -0.39 is 17.8 Å². The van der Waals surface area contributed by atoms with Crippen LogP contribution in [0.4, 0.5) is 4.39 Å². The summed E-state index contributed by atoms with van der Waals surface area (Å²) in [6.07, 6.45) is 0. The van der Waals surface area contributed by atoms with Crippen LogP contribution in [-0.2, 0) is 4.84 Å². The molecule has 1 aromatic heterocycles. The Labute approximate surface area is 151 Å². The van der Waals surface area contributed by atoms with E-state index in [0.29, 0.717) is 10.6 Å². The first-order chi connectivity index (χ1) is 12.5. The summed E-state index contributed by atoms with van der Waals surface area (Å²) in [4.78, 5) is 42.0. The quantitative estimate of drug-likeness (QED) is 0.658. The van der Waals surface area contributed by atoms with E-state index in [-0.39, 0.29) is 21.8 Å². The number of hydrogen-bond acceptors (Lipinski definition) is 5. The topological polar surface area (TPSA) is 63.7 Å². The van der Waals surface area contributed by atoms with Gasteiger partial charge in [0.1, 0.15) is 10.7 Å². The van der Waals surface area contributed by atoms with Gasteiger partial charge in [-0.2, -0.15) is 0 Å². The van der Waals surface area contributed by atoms with Crippen LogP contribution in [0, 0.1) is 5.82 Å². The van der Waals surface area contributed by atoms with Crippen LogP contribution in [-0.4, -0.2) is 22.8 Å². The number of thiophene rings is 1. The van der Waals surface area contributed by atoms with Crippen molar-refractivity contribution in [3.63, 3.8) is 0 Å². The Morgan fingerprint density at radius 3 is 2.15 bits per heavy atom. The molecule has 0 N–H and O–H groups in total. The minimum absolute atomic E-state index is 0.198. The monoisotopic (exact) mass is 367 g/mol. The molecule has 0 spiro atoms. The lowest BCUT2D eigenvalue weighted by atomic mass is 10.1. The van der Waals surface area contributed by atoms with Gasteiger partial charge in [0.2, 0.25) is 0 Å². The van der Waals surface area contributed by atoms with Crippen molar-refractivity contribution in [1.82, 2.24) is 5.06 Å². The van der Waals surface area contributed by atoms with Crippen LogP contribution in [0.15, 0.2) is 60.0 Å². The lowest BCUT2D eigenvalue weighted by molar-refractivity contribution is -0.0581. The number of hydroxylamine groups is 2. The van der Waals surface area contributed by atoms with Crippen LogP contribution in [0.25, 0.3) is 11.1 Å². The van der Waals surface area contributed by atoms with Gasteiger partial charge in [-0.1, -0.05) is 29.3 Å². The molecule has 26 heavy (non-hydrogen) atoms. The smallest absolute Gasteiger partial charge is 0.323 e. The van der Waals surface area contributed by atoms with Crippen LogP contribution in [0.5, 0.6) is 0 Å². The van der Waals surface area contributed by atoms with Gasteiger partial charge >= 0.3 is 5.97 Å². The Balaban J connectivity index is 1.54. The van der Waals surface area contributed by atoms with Gasteiger partial charge in [-0.15, -0.1) is 11.3 Å². The van der Waals surface area contributed by atoms with Gasteiger partial charge < -0.3 is 4.84 Å². The van der Waals surface area contributed by atoms with Crippen LogP contribution >= 0.6 is 11.3 Å². The fraction of sp³-hybridized carbons (Fsp3) is 0. The molecule has 0 radical (unpaired) electrons. The molecule has 7 heteroatoms. The number of amides is 2. The first-order valence-corrected chi connectivity index (χ1v) is 8.47. The molecule has 0 unspecified atom stereocenters. The number of halogens is 1. The second-order valence-electron chi connectivity index (χ2n) is 5.54. The molecule has 0 fully saturated rings. The molecular formula is C19H10FNO4S. The van der Waals surface area contributed by atoms with Gasteiger partial charge in [-0.25, -0.2) is 9.18 Å². The second kappa shape index (κ2) is 6.20. The van der Waals surface area contributed by atoms with E-state index in [9.17, 15) is 18.8 Å². The third kappa shape index (κ3) is 2.68. The number of carbonyl (C=O) groups excluding carboxylic acids is 3. The van der Waals surface area contributed by atoms with E-state index in [4.69, 9.17) is 4.84 Å². The lowest BCUT2D eigenvalue weighted by Crippen LogP contribution is -2.32. The van der Waals surface area contributed by atoms with Crippen LogP contribution in [0.2, 0.25) is 0 Å². The van der Waals surface area contributed by atoms with Gasteiger partial charge in [0, 0.05) is 0 Å². The van der Waals surface area contributed by atoms with Crippen molar-refractivity contribution in [3.05, 3.63) is 81.8 Å². The summed E-state index contributed by atoms with van der Waals surface area (Å²) in [5.74, 6) is -2.50. The third-order valence-electron chi connectivity index (χ3n) is 3.91. The van der Waals surface area contributed by atoms with Gasteiger partial charge in [0.25, 0.3) is 11.8 Å². The maximum absolute atomic E-state index is 13.0. The number of fused-ring (bicyclic) bond motifs is 1. The number of imide groups is 1. The molecule has 1 aliphatic heterocycles. The normalized spacial score (nSPS) is 13.0. The molecule has 0 bridgehead atoms. The zero-order valence-electron chi connectivity index (χ0n) is 13.1. The fourth-order valence-electron chi connectivity index (χ4n) is 2.61. The minimum atomic E-state index is -0.808. The van der Waals surface area contributed by atoms with E-state index in [0.717, 1.165) is 16.9 Å². The highest BCUT2D eigenvalue weighted by molar-refractivity contribution is 7.12. The lowest BCUT2D eigenvalue weighted by Gasteiger charge is -2.11. The number of hydrogen-bond donors (Lipinski definition) is 0. The number of benzene rings is 2. The zero-order valence-corrected chi connectivity index (χ0v) is 14.0. The molecule has 2 amide bonds. The summed E-state index contributed by atoms with van der Waals surface area (Å²) in [7, 11) is 0. The molecule has 2 aromatic carbocycles. The average Bonchev–Trinajstić information content (AvgIpc) is 3.23. The van der Waals surface area contributed by atoms with E-state index in [1.165, 1.54) is 24.3 Å². The van der Waals surface area contributed by atoms with Gasteiger partial charge in [-0.05, 0) is 46.8 Å². The predicted molar refractivity (Wildman–Crippen MR) is 92.1 cm³/mol. The molecule has 0 atom stereocenters. The van der Waals surface area contributed by atoms with Crippen LogP contribution in [0.1, 0.15) is 30.4 Å². The van der Waals surface area contributed by atoms with Gasteiger partial charge in [-0.3, -0.25) is 9.59 Å². The first-order valence-electron chi connectivity index (χ1n) is 7.59. The fourth-order valence-corrected chi connectivity index (χ4v) is 3.40. The number of carbonyl (C=O) groups is 3. The van der Waals surface area contributed by atoms with Crippen molar-refractivity contribution in [2.45, 2.75) is 0 Å². The Kier molecular flexibility index (Phi) is 3.85. The summed E-state index contributed by atoms with van der Waals surface area (Å²) >= 11 is 1.11. The Bertz CT molecular complexity index is 1010. The summed E-state index contributed by atoms with van der Waals surface area (Å²) in [6.45, 7) is 0. The molecular weight excluding hydrogens is 357 g/mol. The van der Waals surface area contributed by atoms with E-state index >= 15 is 0 Å². The SMILES string of the molecule is O=C(ON1C(=O)c2ccccc2C1=O)c1cc(-c2ccc(F)cc2)cs1. The molecule has 0 saturated carbocycles. The minimum Gasteiger partial charge on any atom is -0.323 e. The van der Waals surface area contributed by atoms with E-state index in [1.54, 1.807) is 35.7 Å². The van der Waals surface area contributed by atoms with Gasteiger partial charge in [0.15, 0.2) is 0 Å². The molecule has 0 aliphatic carbocycles. The third-order valence-corrected chi connectivity index (χ3v) is 4.82. The van der Waals surface area contributed by atoms with Crippen molar-refractivity contribution >= 4 is 29.1 Å². The van der Waals surface area contributed by atoms with Crippen molar-refractivity contribution in [1.29, 1.82) is 0 Å². The number of rotatable bonds is 3. The molecule has 2 heterocycles. The summed E-state index contributed by atoms with van der Waals surface area (Å²) in [5, 5.41) is 2.19. The molecule has 0 saturated heterocycles. The number of nitrogens with zero attached hydrogens (tertiary/aromatic N) is 1. The van der Waals surface area contributed by atoms with Gasteiger partial charge in [0.05, 0.1) is 11.1 Å². The molecule has 1 aliphatic rings. The molecule has 4 rings (SSSR count). The van der Waals surface area contributed by atoms with Crippen molar-refractivity contribution < 1.29 is 23.6 Å². The Hall–Kier alpha value is -3.32. The Morgan fingerprint density at radius 1 is 0.923 bits per heavy atom. The summed E-state index contributed by atoms with van der Waals surface area (Å²) in [5.41, 5.74) is 1.85. The largest absolute Gasteiger partial charge is 0.373 e.